The molecular formula is C55H62N6S. The molecule has 0 spiro atoms. The van der Waals surface area contributed by atoms with Gasteiger partial charge in [-0.3, -0.25) is 16.0 Å². The van der Waals surface area contributed by atoms with Gasteiger partial charge in [0.15, 0.2) is 0 Å². The molecule has 0 radical (unpaired) electrons. The Morgan fingerprint density at radius 3 is 2.58 bits per heavy atom. The Bertz CT molecular complexity index is 2460. The molecule has 6 nitrogen and oxygen atoms in total. The number of thioether (sulfide) groups is 1. The summed E-state index contributed by atoms with van der Waals surface area (Å²) in [6.45, 7) is 5.09. The van der Waals surface area contributed by atoms with Crippen LogP contribution in [0.1, 0.15) is 100 Å². The van der Waals surface area contributed by atoms with Gasteiger partial charge in [0.05, 0.1) is 59.5 Å². The highest BCUT2D eigenvalue weighted by molar-refractivity contribution is 8.00. The SMILES string of the molecule is CC1(C)C2=CC=CCC2C2CCC(C3NC(C4=CC=CCC4)NC(C4=CC(C#N)C(n5c6c(c7c5CCC=C7)CCC=C6)CC4N4c5ccccc5SC5C=CC=CC54)N3)CC21. The van der Waals surface area contributed by atoms with Crippen molar-refractivity contribution >= 4 is 29.6 Å². The van der Waals surface area contributed by atoms with Crippen LogP contribution in [-0.2, 0) is 12.8 Å². The van der Waals surface area contributed by atoms with Gasteiger partial charge in [0.1, 0.15) is 0 Å². The molecule has 1 aromatic heterocycles. The van der Waals surface area contributed by atoms with Crippen molar-refractivity contribution in [3.05, 3.63) is 142 Å². The highest BCUT2D eigenvalue weighted by Gasteiger charge is 2.55. The van der Waals surface area contributed by atoms with Gasteiger partial charge in [-0.05, 0) is 140 Å². The number of fused-ring (bicyclic) bond motifs is 8. The Balaban J connectivity index is 0.973. The summed E-state index contributed by atoms with van der Waals surface area (Å²) in [7, 11) is 0. The van der Waals surface area contributed by atoms with Gasteiger partial charge in [-0.1, -0.05) is 117 Å². The summed E-state index contributed by atoms with van der Waals surface area (Å²) in [5.74, 6) is 2.41. The van der Waals surface area contributed by atoms with Crippen LogP contribution >= 0.6 is 11.8 Å². The summed E-state index contributed by atoms with van der Waals surface area (Å²) < 4.78 is 2.66. The number of nitrogens with zero attached hydrogens (tertiary/aromatic N) is 3. The van der Waals surface area contributed by atoms with Crippen LogP contribution in [0.15, 0.2) is 125 Å². The predicted molar refractivity (Wildman–Crippen MR) is 255 cm³/mol. The minimum absolute atomic E-state index is 0.0236. The molecule has 62 heavy (non-hydrogen) atoms. The third kappa shape index (κ3) is 6.37. The van der Waals surface area contributed by atoms with Crippen molar-refractivity contribution in [2.24, 2.45) is 35.0 Å². The van der Waals surface area contributed by atoms with Gasteiger partial charge < -0.3 is 9.47 Å². The highest BCUT2D eigenvalue weighted by atomic mass is 32.2. The molecule has 2 saturated carbocycles. The fourth-order valence-electron chi connectivity index (χ4n) is 14.1. The van der Waals surface area contributed by atoms with Gasteiger partial charge in [-0.15, -0.1) is 11.8 Å². The number of aromatic nitrogens is 1. The second-order valence-corrected chi connectivity index (χ2v) is 21.6. The normalized spacial score (nSPS) is 37.2. The van der Waals surface area contributed by atoms with E-state index in [2.05, 4.69) is 161 Å². The number of hydrogen-bond acceptors (Lipinski definition) is 6. The molecule has 1 saturated heterocycles. The van der Waals surface area contributed by atoms with Crippen molar-refractivity contribution in [3.8, 4) is 6.07 Å². The molecular weight excluding hydrogens is 777 g/mol. The zero-order valence-corrected chi connectivity index (χ0v) is 37.2. The molecule has 2 aliphatic heterocycles. The largest absolute Gasteiger partial charge is 0.356 e. The van der Waals surface area contributed by atoms with E-state index in [4.69, 9.17) is 0 Å². The van der Waals surface area contributed by atoms with Crippen LogP contribution in [0.4, 0.5) is 5.69 Å². The molecule has 7 heteroatoms. The molecule has 10 aliphatic rings. The molecule has 12 atom stereocenters. The smallest absolute Gasteiger partial charge is 0.0856 e. The molecule has 0 bridgehead atoms. The summed E-state index contributed by atoms with van der Waals surface area (Å²) in [5.41, 5.74) is 11.7. The van der Waals surface area contributed by atoms with Crippen LogP contribution in [-0.4, -0.2) is 40.4 Å². The van der Waals surface area contributed by atoms with Gasteiger partial charge in [0, 0.05) is 16.3 Å². The van der Waals surface area contributed by atoms with Crippen LogP contribution in [0.5, 0.6) is 0 Å². The lowest BCUT2D eigenvalue weighted by atomic mass is 9.66. The lowest BCUT2D eigenvalue weighted by molar-refractivity contribution is 0.0709. The molecule has 12 unspecified atom stereocenters. The number of nitrogens with one attached hydrogen (secondary N) is 3. The van der Waals surface area contributed by atoms with E-state index in [9.17, 15) is 5.26 Å². The average Bonchev–Trinajstić information content (AvgIpc) is 3.78. The molecule has 1 aromatic carbocycles. The fraction of sp³-hybridized carbons (Fsp3) is 0.473. The summed E-state index contributed by atoms with van der Waals surface area (Å²) in [6.07, 6.45) is 47.8. The van der Waals surface area contributed by atoms with E-state index in [1.54, 1.807) is 5.57 Å². The summed E-state index contributed by atoms with van der Waals surface area (Å²) in [4.78, 5) is 4.13. The molecule has 3 fully saturated rings. The first-order chi connectivity index (χ1) is 30.5. The van der Waals surface area contributed by atoms with E-state index in [1.165, 1.54) is 69.9 Å². The lowest BCUT2D eigenvalue weighted by Gasteiger charge is -2.53. The number of anilines is 1. The van der Waals surface area contributed by atoms with Crippen LogP contribution in [0.25, 0.3) is 12.2 Å². The Morgan fingerprint density at radius 1 is 0.839 bits per heavy atom. The van der Waals surface area contributed by atoms with Gasteiger partial charge in [-0.25, -0.2) is 0 Å². The van der Waals surface area contributed by atoms with Gasteiger partial charge in [0.2, 0.25) is 0 Å². The predicted octanol–water partition coefficient (Wildman–Crippen LogP) is 10.9. The maximum absolute atomic E-state index is 11.4. The van der Waals surface area contributed by atoms with Gasteiger partial charge in [-0.2, -0.15) is 5.26 Å². The van der Waals surface area contributed by atoms with E-state index in [0.29, 0.717) is 23.0 Å². The number of para-hydroxylation sites is 1. The molecule has 8 aliphatic carbocycles. The van der Waals surface area contributed by atoms with Crippen molar-refractivity contribution in [3.63, 3.8) is 0 Å². The van der Waals surface area contributed by atoms with Crippen molar-refractivity contribution in [2.45, 2.75) is 131 Å². The standard InChI is InChI=1S/C55H62N6S/c1-55(2)42-21-9-6-18-37(42)38-29-28-35(31-43(38)55)53-57-52(34-16-4-3-5-17-34)58-54(59-53)41-30-36(33-56)48(60-44-22-10-7-19-39(44)40-20-8-11-23-45(40)60)32-49(41)61-46-24-12-14-26-50(46)62-51-27-15-13-25-47(51)61/h3-4,6-7,9,11-16,19,21,23-27,30,35-38,43,46,48-50,52-54,57-59H,5,8,10,17-18,20,22,28-29,31-32H2,1-2H3. The molecule has 2 aromatic rings. The topological polar surface area (TPSA) is 68.0 Å². The Hall–Kier alpha value is -4.32. The summed E-state index contributed by atoms with van der Waals surface area (Å²) >= 11 is 2.00. The quantitative estimate of drug-likeness (QED) is 0.261. The zero-order valence-electron chi connectivity index (χ0n) is 36.4. The van der Waals surface area contributed by atoms with E-state index in [-0.39, 0.29) is 48.0 Å². The summed E-state index contributed by atoms with van der Waals surface area (Å²) in [6, 6.07) is 12.4. The fourth-order valence-corrected chi connectivity index (χ4v) is 15.4. The number of hydrogen-bond donors (Lipinski definition) is 3. The minimum atomic E-state index is -0.262. The average molecular weight is 839 g/mol. The van der Waals surface area contributed by atoms with Crippen LogP contribution in [0.3, 0.4) is 0 Å². The van der Waals surface area contributed by atoms with E-state index in [1.807, 2.05) is 11.8 Å². The Labute approximate surface area is 373 Å². The summed E-state index contributed by atoms with van der Waals surface area (Å²) in [5, 5.41) is 24.5. The number of nitriles is 1. The third-order valence-corrected chi connectivity index (χ3v) is 18.3. The molecule has 3 heterocycles. The molecule has 3 N–H and O–H groups in total. The second-order valence-electron chi connectivity index (χ2n) is 20.3. The third-order valence-electron chi connectivity index (χ3n) is 17.0. The molecule has 12 rings (SSSR count). The molecule has 0 amide bonds. The maximum atomic E-state index is 11.4. The van der Waals surface area contributed by atoms with Crippen molar-refractivity contribution in [1.82, 2.24) is 20.5 Å². The first kappa shape index (κ1) is 39.3. The number of benzene rings is 1. The Morgan fingerprint density at radius 2 is 1.68 bits per heavy atom. The zero-order chi connectivity index (χ0) is 41.5. The van der Waals surface area contributed by atoms with Crippen LogP contribution < -0.4 is 20.9 Å². The first-order valence-electron chi connectivity index (χ1n) is 24.1. The monoisotopic (exact) mass is 838 g/mol. The van der Waals surface area contributed by atoms with Crippen LogP contribution in [0.2, 0.25) is 0 Å². The lowest BCUT2D eigenvalue weighted by Crippen LogP contribution is -2.71. The van der Waals surface area contributed by atoms with Gasteiger partial charge >= 0.3 is 0 Å². The van der Waals surface area contributed by atoms with Crippen molar-refractivity contribution in [1.29, 1.82) is 5.26 Å². The first-order valence-corrected chi connectivity index (χ1v) is 24.9. The van der Waals surface area contributed by atoms with Crippen molar-refractivity contribution in [2.75, 3.05) is 4.90 Å². The van der Waals surface area contributed by atoms with Gasteiger partial charge in [0.25, 0.3) is 0 Å². The number of allylic oxidation sites excluding steroid dienone is 12. The molecule has 318 valence electrons. The van der Waals surface area contributed by atoms with E-state index < -0.39 is 0 Å². The highest BCUT2D eigenvalue weighted by Crippen LogP contribution is 2.62. The maximum Gasteiger partial charge on any atom is 0.0856 e. The van der Waals surface area contributed by atoms with Crippen molar-refractivity contribution < 1.29 is 0 Å². The minimum Gasteiger partial charge on any atom is -0.356 e. The second kappa shape index (κ2) is 15.7. The van der Waals surface area contributed by atoms with E-state index in [0.717, 1.165) is 50.9 Å². The van der Waals surface area contributed by atoms with E-state index >= 15 is 0 Å². The Kier molecular flexibility index (Phi) is 9.97. The number of rotatable bonds is 5. The van der Waals surface area contributed by atoms with Crippen LogP contribution in [0, 0.1) is 46.3 Å².